The molecule has 154 valence electrons. The molecule has 0 aliphatic rings. The van der Waals surface area contributed by atoms with Gasteiger partial charge in [0.15, 0.2) is 0 Å². The standard InChI is InChI=1S/C22H19Cl2N3O2S/c1-3-29-18-11-9-17(10-12-18)27(22(28)19-13-8-16(23)14-20(19)24)30-26-25-21-7-5-4-6-15(21)2/h4-14H,3H2,1-2H3. The van der Waals surface area contributed by atoms with E-state index >= 15 is 0 Å². The molecule has 8 heteroatoms. The summed E-state index contributed by atoms with van der Waals surface area (Å²) in [6.07, 6.45) is 0. The lowest BCUT2D eigenvalue weighted by atomic mass is 10.2. The summed E-state index contributed by atoms with van der Waals surface area (Å²) < 4.78 is 11.1. The average molecular weight is 460 g/mol. The Balaban J connectivity index is 1.91. The zero-order valence-corrected chi connectivity index (χ0v) is 18.7. The van der Waals surface area contributed by atoms with Crippen LogP contribution in [0, 0.1) is 6.92 Å². The number of carbonyl (C=O) groups is 1. The summed E-state index contributed by atoms with van der Waals surface area (Å²) in [6, 6.07) is 19.5. The van der Waals surface area contributed by atoms with E-state index < -0.39 is 0 Å². The van der Waals surface area contributed by atoms with E-state index in [1.807, 2.05) is 38.1 Å². The van der Waals surface area contributed by atoms with Crippen molar-refractivity contribution in [2.75, 3.05) is 10.9 Å². The first-order valence-electron chi connectivity index (χ1n) is 9.15. The molecule has 0 saturated heterocycles. The average Bonchev–Trinajstić information content (AvgIpc) is 2.73. The highest BCUT2D eigenvalue weighted by molar-refractivity contribution is 8.00. The van der Waals surface area contributed by atoms with Crippen molar-refractivity contribution in [3.05, 3.63) is 87.9 Å². The highest BCUT2D eigenvalue weighted by Crippen LogP contribution is 2.32. The van der Waals surface area contributed by atoms with Crippen molar-refractivity contribution < 1.29 is 9.53 Å². The summed E-state index contributed by atoms with van der Waals surface area (Å²) in [4.78, 5) is 13.2. The van der Waals surface area contributed by atoms with E-state index in [1.54, 1.807) is 36.4 Å². The molecule has 0 aliphatic heterocycles. The summed E-state index contributed by atoms with van der Waals surface area (Å²) in [7, 11) is 0. The van der Waals surface area contributed by atoms with Crippen LogP contribution in [0.25, 0.3) is 0 Å². The van der Waals surface area contributed by atoms with Crippen LogP contribution in [0.5, 0.6) is 5.75 Å². The third-order valence-electron chi connectivity index (χ3n) is 4.11. The number of hydrogen-bond donors (Lipinski definition) is 0. The second kappa shape index (κ2) is 10.5. The predicted octanol–water partition coefficient (Wildman–Crippen LogP) is 7.69. The van der Waals surface area contributed by atoms with Gasteiger partial charge in [-0.3, -0.25) is 4.79 Å². The van der Waals surface area contributed by atoms with Crippen molar-refractivity contribution >= 4 is 52.6 Å². The molecule has 0 spiro atoms. The van der Waals surface area contributed by atoms with Gasteiger partial charge in [0.1, 0.15) is 17.9 Å². The first kappa shape index (κ1) is 22.2. The molecule has 3 aromatic carbocycles. The van der Waals surface area contributed by atoms with Crippen LogP contribution in [0.4, 0.5) is 11.4 Å². The largest absolute Gasteiger partial charge is 0.494 e. The van der Waals surface area contributed by atoms with Gasteiger partial charge < -0.3 is 4.74 Å². The molecule has 0 atom stereocenters. The Bertz CT molecular complexity index is 1060. The third kappa shape index (κ3) is 5.53. The van der Waals surface area contributed by atoms with Crippen LogP contribution in [-0.4, -0.2) is 12.5 Å². The number of nitrogens with zero attached hydrogens (tertiary/aromatic N) is 3. The number of benzene rings is 3. The van der Waals surface area contributed by atoms with Gasteiger partial charge in [-0.05, 0) is 67.9 Å². The Labute approximate surface area is 189 Å². The molecule has 0 N–H and O–H groups in total. The Kier molecular flexibility index (Phi) is 7.74. The Morgan fingerprint density at radius 2 is 1.80 bits per heavy atom. The van der Waals surface area contributed by atoms with Gasteiger partial charge in [0.05, 0.1) is 28.6 Å². The quantitative estimate of drug-likeness (QED) is 0.268. The third-order valence-corrected chi connectivity index (χ3v) is 5.35. The molecule has 0 unspecified atom stereocenters. The topological polar surface area (TPSA) is 54.3 Å². The number of rotatable bonds is 7. The van der Waals surface area contributed by atoms with Crippen molar-refractivity contribution in [1.29, 1.82) is 0 Å². The lowest BCUT2D eigenvalue weighted by Crippen LogP contribution is -2.23. The molecule has 0 radical (unpaired) electrons. The molecule has 1 amide bonds. The van der Waals surface area contributed by atoms with E-state index in [0.29, 0.717) is 28.6 Å². The van der Waals surface area contributed by atoms with Crippen molar-refractivity contribution in [1.82, 2.24) is 0 Å². The first-order valence-corrected chi connectivity index (χ1v) is 10.6. The number of anilines is 1. The van der Waals surface area contributed by atoms with Crippen molar-refractivity contribution in [2.45, 2.75) is 13.8 Å². The van der Waals surface area contributed by atoms with E-state index in [0.717, 1.165) is 23.4 Å². The normalized spacial score (nSPS) is 10.9. The van der Waals surface area contributed by atoms with Crippen LogP contribution in [0.3, 0.4) is 0 Å². The van der Waals surface area contributed by atoms with Crippen LogP contribution < -0.4 is 9.04 Å². The molecule has 0 saturated carbocycles. The number of amides is 1. The number of halogens is 2. The molecule has 0 heterocycles. The maximum Gasteiger partial charge on any atom is 0.271 e. The lowest BCUT2D eigenvalue weighted by molar-refractivity contribution is 0.101. The van der Waals surface area contributed by atoms with E-state index in [-0.39, 0.29) is 10.9 Å². The van der Waals surface area contributed by atoms with E-state index in [1.165, 1.54) is 10.4 Å². The summed E-state index contributed by atoms with van der Waals surface area (Å²) in [5.74, 6) is 0.374. The highest BCUT2D eigenvalue weighted by atomic mass is 35.5. The maximum absolute atomic E-state index is 13.2. The van der Waals surface area contributed by atoms with Crippen LogP contribution in [0.15, 0.2) is 76.4 Å². The van der Waals surface area contributed by atoms with Crippen LogP contribution in [0.1, 0.15) is 22.8 Å². The molecule has 0 bridgehead atoms. The Morgan fingerprint density at radius 1 is 1.07 bits per heavy atom. The predicted molar refractivity (Wildman–Crippen MR) is 124 cm³/mol. The van der Waals surface area contributed by atoms with Gasteiger partial charge >= 0.3 is 0 Å². The molecule has 30 heavy (non-hydrogen) atoms. The van der Waals surface area contributed by atoms with Gasteiger partial charge in [-0.25, -0.2) is 4.31 Å². The van der Waals surface area contributed by atoms with Gasteiger partial charge in [-0.1, -0.05) is 45.9 Å². The van der Waals surface area contributed by atoms with Crippen molar-refractivity contribution in [3.8, 4) is 5.75 Å². The Hall–Kier alpha value is -2.54. The Morgan fingerprint density at radius 3 is 2.47 bits per heavy atom. The summed E-state index contributed by atoms with van der Waals surface area (Å²) in [6.45, 7) is 4.41. The minimum atomic E-state index is -0.338. The maximum atomic E-state index is 13.2. The molecule has 0 aliphatic carbocycles. The fourth-order valence-electron chi connectivity index (χ4n) is 2.59. The van der Waals surface area contributed by atoms with Crippen LogP contribution in [-0.2, 0) is 0 Å². The second-order valence-corrected chi connectivity index (χ2v) is 7.74. The zero-order chi connectivity index (χ0) is 21.5. The van der Waals surface area contributed by atoms with Gasteiger partial charge in [-0.15, -0.1) is 5.11 Å². The minimum Gasteiger partial charge on any atom is -0.494 e. The van der Waals surface area contributed by atoms with Crippen molar-refractivity contribution in [3.63, 3.8) is 0 Å². The summed E-state index contributed by atoms with van der Waals surface area (Å²) >= 11 is 13.2. The minimum absolute atomic E-state index is 0.264. The lowest BCUT2D eigenvalue weighted by Gasteiger charge is -2.19. The molecular formula is C22H19Cl2N3O2S. The SMILES string of the molecule is CCOc1ccc(N(SN=Nc2ccccc2C)C(=O)c2ccc(Cl)cc2Cl)cc1. The number of aryl methyl sites for hydroxylation is 1. The molecule has 0 aromatic heterocycles. The molecule has 3 aromatic rings. The van der Waals surface area contributed by atoms with Gasteiger partial charge in [0.2, 0.25) is 0 Å². The molecular weight excluding hydrogens is 441 g/mol. The van der Waals surface area contributed by atoms with Gasteiger partial charge in [-0.2, -0.15) is 0 Å². The highest BCUT2D eigenvalue weighted by Gasteiger charge is 2.22. The second-order valence-electron chi connectivity index (χ2n) is 6.20. The van der Waals surface area contributed by atoms with Gasteiger partial charge in [0.25, 0.3) is 5.91 Å². The van der Waals surface area contributed by atoms with Crippen LogP contribution >= 0.6 is 35.3 Å². The van der Waals surface area contributed by atoms with E-state index in [4.69, 9.17) is 27.9 Å². The van der Waals surface area contributed by atoms with E-state index in [9.17, 15) is 4.79 Å². The monoisotopic (exact) mass is 459 g/mol. The fraction of sp³-hybridized carbons (Fsp3) is 0.136. The number of carbonyl (C=O) groups excluding carboxylic acids is 1. The zero-order valence-electron chi connectivity index (χ0n) is 16.4. The van der Waals surface area contributed by atoms with E-state index in [2.05, 4.69) is 9.63 Å². The number of hydrogen-bond acceptors (Lipinski definition) is 5. The molecule has 5 nitrogen and oxygen atoms in total. The fourth-order valence-corrected chi connectivity index (χ4v) is 3.67. The smallest absolute Gasteiger partial charge is 0.271 e. The first-order chi connectivity index (χ1) is 14.5. The van der Waals surface area contributed by atoms with Crippen LogP contribution in [0.2, 0.25) is 10.0 Å². The molecule has 3 rings (SSSR count). The molecule has 0 fully saturated rings. The van der Waals surface area contributed by atoms with Crippen molar-refractivity contribution in [2.24, 2.45) is 9.63 Å². The summed E-state index contributed by atoms with van der Waals surface area (Å²) in [5, 5.41) is 4.96. The summed E-state index contributed by atoms with van der Waals surface area (Å²) in [5.41, 5.74) is 2.65. The van der Waals surface area contributed by atoms with Gasteiger partial charge in [0, 0.05) is 5.02 Å². The number of ether oxygens (including phenoxy) is 1.